The van der Waals surface area contributed by atoms with Gasteiger partial charge >= 0.3 is 6.09 Å². The highest BCUT2D eigenvalue weighted by Crippen LogP contribution is 2.21. The number of carbonyl (C=O) groups excluding carboxylic acids is 1. The van der Waals surface area contributed by atoms with Gasteiger partial charge in [0.1, 0.15) is 0 Å². The topological polar surface area (TPSA) is 55.6 Å². The lowest BCUT2D eigenvalue weighted by molar-refractivity contribution is 0.116. The summed E-state index contributed by atoms with van der Waals surface area (Å²) in [5.41, 5.74) is 5.70. The first kappa shape index (κ1) is 10.3. The molecule has 0 radical (unpaired) electrons. The summed E-state index contributed by atoms with van der Waals surface area (Å²) in [6.45, 7) is 2.78. The lowest BCUT2D eigenvalue weighted by atomic mass is 10.1. The average Bonchev–Trinajstić information content (AvgIpc) is 2.50. The van der Waals surface area contributed by atoms with Gasteiger partial charge in [-0.15, -0.1) is 0 Å². The molecule has 1 saturated heterocycles. The summed E-state index contributed by atoms with van der Waals surface area (Å²) in [4.78, 5) is 13.0. The van der Waals surface area contributed by atoms with E-state index in [2.05, 4.69) is 0 Å². The Morgan fingerprint density at radius 1 is 1.77 bits per heavy atom. The van der Waals surface area contributed by atoms with E-state index in [0.29, 0.717) is 0 Å². The Morgan fingerprint density at radius 3 is 3.00 bits per heavy atom. The first-order valence-corrected chi connectivity index (χ1v) is 4.75. The second-order valence-electron chi connectivity index (χ2n) is 3.67. The molecule has 1 fully saturated rings. The van der Waals surface area contributed by atoms with Gasteiger partial charge in [-0.1, -0.05) is 0 Å². The molecule has 0 aromatic heterocycles. The van der Waals surface area contributed by atoms with Crippen molar-refractivity contribution in [1.82, 2.24) is 4.90 Å². The van der Waals surface area contributed by atoms with Gasteiger partial charge in [0.25, 0.3) is 0 Å². The molecule has 4 heteroatoms. The fraction of sp³-hybridized carbons (Fsp3) is 0.889. The van der Waals surface area contributed by atoms with Crippen LogP contribution in [0.25, 0.3) is 0 Å². The Balaban J connectivity index is 2.48. The molecular weight excluding hydrogens is 168 g/mol. The second-order valence-corrected chi connectivity index (χ2v) is 3.67. The van der Waals surface area contributed by atoms with E-state index in [-0.39, 0.29) is 18.2 Å². The lowest BCUT2D eigenvalue weighted by Crippen LogP contribution is -2.38. The largest absolute Gasteiger partial charge is 0.453 e. The second kappa shape index (κ2) is 4.46. The van der Waals surface area contributed by atoms with E-state index in [0.717, 1.165) is 25.8 Å². The Morgan fingerprint density at radius 2 is 2.46 bits per heavy atom. The van der Waals surface area contributed by atoms with Gasteiger partial charge in [-0.3, -0.25) is 0 Å². The van der Waals surface area contributed by atoms with Gasteiger partial charge in [0.15, 0.2) is 0 Å². The number of nitrogens with zero attached hydrogens (tertiary/aromatic N) is 1. The van der Waals surface area contributed by atoms with Crippen molar-refractivity contribution in [2.75, 3.05) is 13.7 Å². The molecule has 0 aromatic carbocycles. The van der Waals surface area contributed by atoms with Crippen LogP contribution in [-0.4, -0.2) is 36.7 Å². The molecule has 0 saturated carbocycles. The molecule has 4 nitrogen and oxygen atoms in total. The summed E-state index contributed by atoms with van der Waals surface area (Å²) in [5.74, 6) is 0. The van der Waals surface area contributed by atoms with Crippen LogP contribution in [0.15, 0.2) is 0 Å². The van der Waals surface area contributed by atoms with E-state index < -0.39 is 0 Å². The van der Waals surface area contributed by atoms with E-state index in [1.807, 2.05) is 6.92 Å². The van der Waals surface area contributed by atoms with E-state index in [4.69, 9.17) is 10.5 Å². The van der Waals surface area contributed by atoms with Crippen LogP contribution < -0.4 is 5.73 Å². The molecule has 1 rings (SSSR count). The van der Waals surface area contributed by atoms with Crippen molar-refractivity contribution in [3.05, 3.63) is 0 Å². The van der Waals surface area contributed by atoms with Gasteiger partial charge in [-0.05, 0) is 26.2 Å². The van der Waals surface area contributed by atoms with E-state index >= 15 is 0 Å². The fourth-order valence-electron chi connectivity index (χ4n) is 1.87. The van der Waals surface area contributed by atoms with Crippen molar-refractivity contribution in [2.24, 2.45) is 5.73 Å². The predicted molar refractivity (Wildman–Crippen MR) is 50.4 cm³/mol. The quantitative estimate of drug-likeness (QED) is 0.698. The molecule has 1 heterocycles. The van der Waals surface area contributed by atoms with Crippen molar-refractivity contribution in [3.63, 3.8) is 0 Å². The zero-order valence-corrected chi connectivity index (χ0v) is 8.32. The highest BCUT2D eigenvalue weighted by molar-refractivity contribution is 5.68. The lowest BCUT2D eigenvalue weighted by Gasteiger charge is -2.24. The molecule has 1 amide bonds. The van der Waals surface area contributed by atoms with Gasteiger partial charge < -0.3 is 15.4 Å². The number of amides is 1. The maximum absolute atomic E-state index is 11.3. The summed E-state index contributed by atoms with van der Waals surface area (Å²) in [6.07, 6.45) is 2.77. The molecule has 0 spiro atoms. The van der Waals surface area contributed by atoms with Crippen LogP contribution >= 0.6 is 0 Å². The van der Waals surface area contributed by atoms with E-state index in [9.17, 15) is 4.79 Å². The van der Waals surface area contributed by atoms with Crippen molar-refractivity contribution in [3.8, 4) is 0 Å². The Kier molecular flexibility index (Phi) is 3.54. The SMILES string of the molecule is COC(=O)N1CCCC1CC(C)N. The van der Waals surface area contributed by atoms with Gasteiger partial charge in [0.05, 0.1) is 7.11 Å². The van der Waals surface area contributed by atoms with Crippen LogP contribution in [0.5, 0.6) is 0 Å². The van der Waals surface area contributed by atoms with Gasteiger partial charge in [0.2, 0.25) is 0 Å². The number of likely N-dealkylation sites (tertiary alicyclic amines) is 1. The maximum atomic E-state index is 11.3. The van der Waals surface area contributed by atoms with Crippen LogP contribution in [0.2, 0.25) is 0 Å². The summed E-state index contributed by atoms with van der Waals surface area (Å²) in [7, 11) is 1.42. The average molecular weight is 186 g/mol. The van der Waals surface area contributed by atoms with Crippen molar-refractivity contribution in [1.29, 1.82) is 0 Å². The molecule has 0 aliphatic carbocycles. The third kappa shape index (κ3) is 2.59. The van der Waals surface area contributed by atoms with Crippen LogP contribution in [0.1, 0.15) is 26.2 Å². The number of rotatable bonds is 2. The molecule has 0 aromatic rings. The minimum absolute atomic E-state index is 0.148. The van der Waals surface area contributed by atoms with Gasteiger partial charge in [-0.2, -0.15) is 0 Å². The Bertz CT molecular complexity index is 182. The molecule has 2 atom stereocenters. The fourth-order valence-corrected chi connectivity index (χ4v) is 1.87. The smallest absolute Gasteiger partial charge is 0.409 e. The first-order valence-electron chi connectivity index (χ1n) is 4.75. The third-order valence-electron chi connectivity index (χ3n) is 2.43. The number of ether oxygens (including phenoxy) is 1. The molecule has 1 aliphatic heterocycles. The van der Waals surface area contributed by atoms with Crippen LogP contribution in [-0.2, 0) is 4.74 Å². The number of hydrogen-bond donors (Lipinski definition) is 1. The molecule has 76 valence electrons. The van der Waals surface area contributed by atoms with Gasteiger partial charge in [0, 0.05) is 18.6 Å². The van der Waals surface area contributed by atoms with Crippen LogP contribution in [0.4, 0.5) is 4.79 Å². The van der Waals surface area contributed by atoms with Crippen LogP contribution in [0.3, 0.4) is 0 Å². The van der Waals surface area contributed by atoms with Gasteiger partial charge in [-0.25, -0.2) is 4.79 Å². The summed E-state index contributed by atoms with van der Waals surface area (Å²) < 4.78 is 4.69. The molecule has 2 N–H and O–H groups in total. The molecule has 2 unspecified atom stereocenters. The first-order chi connectivity index (χ1) is 6.15. The van der Waals surface area contributed by atoms with E-state index in [1.54, 1.807) is 4.90 Å². The third-order valence-corrected chi connectivity index (χ3v) is 2.43. The maximum Gasteiger partial charge on any atom is 0.409 e. The normalized spacial score (nSPS) is 24.5. The number of carbonyl (C=O) groups is 1. The van der Waals surface area contributed by atoms with E-state index in [1.165, 1.54) is 7.11 Å². The highest BCUT2D eigenvalue weighted by atomic mass is 16.5. The number of nitrogens with two attached hydrogens (primary N) is 1. The molecule has 1 aliphatic rings. The summed E-state index contributed by atoms with van der Waals surface area (Å²) in [5, 5.41) is 0. The van der Waals surface area contributed by atoms with Crippen molar-refractivity contribution in [2.45, 2.75) is 38.3 Å². The molecule has 13 heavy (non-hydrogen) atoms. The molecular formula is C9H18N2O2. The minimum atomic E-state index is -0.219. The zero-order chi connectivity index (χ0) is 9.84. The van der Waals surface area contributed by atoms with Crippen LogP contribution in [0, 0.1) is 0 Å². The highest BCUT2D eigenvalue weighted by Gasteiger charge is 2.29. The number of hydrogen-bond acceptors (Lipinski definition) is 3. The zero-order valence-electron chi connectivity index (χ0n) is 8.32. The van der Waals surface area contributed by atoms with Crippen molar-refractivity contribution < 1.29 is 9.53 Å². The number of methoxy groups -OCH3 is 1. The Labute approximate surface area is 79.0 Å². The monoisotopic (exact) mass is 186 g/mol. The van der Waals surface area contributed by atoms with Crippen molar-refractivity contribution >= 4 is 6.09 Å². The summed E-state index contributed by atoms with van der Waals surface area (Å²) in [6, 6.07) is 0.433. The standard InChI is InChI=1S/C9H18N2O2/c1-7(10)6-8-4-3-5-11(8)9(12)13-2/h7-8H,3-6,10H2,1-2H3. The Hall–Kier alpha value is -0.770. The molecule has 0 bridgehead atoms. The minimum Gasteiger partial charge on any atom is -0.453 e. The summed E-state index contributed by atoms with van der Waals surface area (Å²) >= 11 is 0. The predicted octanol–water partition coefficient (Wildman–Crippen LogP) is 0.954.